The molecule has 0 unspecified atom stereocenters. The van der Waals surface area contributed by atoms with Crippen LogP contribution in [0.4, 0.5) is 27.4 Å². The van der Waals surface area contributed by atoms with Crippen LogP contribution < -0.4 is 15.5 Å². The lowest BCUT2D eigenvalue weighted by Gasteiger charge is -2.16. The van der Waals surface area contributed by atoms with Crippen molar-refractivity contribution in [3.05, 3.63) is 66.0 Å². The second kappa shape index (κ2) is 9.75. The number of halogens is 1. The quantitative estimate of drug-likeness (QED) is 0.588. The Labute approximate surface area is 174 Å². The average molecular weight is 410 g/mol. The van der Waals surface area contributed by atoms with Gasteiger partial charge in [-0.05, 0) is 30.7 Å². The number of anilines is 4. The lowest BCUT2D eigenvalue weighted by atomic mass is 10.2. The Kier molecular flexibility index (Phi) is 6.87. The number of carbonyl (C=O) groups excluding carboxylic acids is 1. The Hall–Kier alpha value is -3.59. The molecule has 156 valence electrons. The molecule has 3 aromatic rings. The molecular formula is C21H23FN6O2. The molecular weight excluding hydrogens is 387 g/mol. The van der Waals surface area contributed by atoms with E-state index >= 15 is 0 Å². The number of nitrogens with one attached hydrogen (secondary N) is 2. The van der Waals surface area contributed by atoms with Gasteiger partial charge in [0.2, 0.25) is 5.95 Å². The molecule has 9 heteroatoms. The first-order valence-corrected chi connectivity index (χ1v) is 9.28. The Bertz CT molecular complexity index is 1010. The van der Waals surface area contributed by atoms with Crippen LogP contribution in [0.25, 0.3) is 0 Å². The number of likely N-dealkylation sites (N-methyl/N-ethyl adjacent to an activating group) is 1. The fourth-order valence-corrected chi connectivity index (χ4v) is 2.63. The molecule has 2 N–H and O–H groups in total. The Morgan fingerprint density at radius 1 is 1.13 bits per heavy atom. The van der Waals surface area contributed by atoms with E-state index in [1.165, 1.54) is 30.9 Å². The van der Waals surface area contributed by atoms with E-state index < -0.39 is 5.82 Å². The number of aryl methyl sites for hydroxylation is 1. The SMILES string of the molecule is COCCN(C)c1ncc(C(=O)Nc2ccncc2Nc2ccc(C)cc2F)cn1. The first-order valence-electron chi connectivity index (χ1n) is 9.28. The molecule has 1 amide bonds. The maximum Gasteiger partial charge on any atom is 0.258 e. The molecule has 0 saturated heterocycles. The van der Waals surface area contributed by atoms with E-state index in [0.29, 0.717) is 36.0 Å². The molecule has 0 aliphatic carbocycles. The van der Waals surface area contributed by atoms with Gasteiger partial charge in [0, 0.05) is 39.3 Å². The maximum atomic E-state index is 14.2. The van der Waals surface area contributed by atoms with Gasteiger partial charge >= 0.3 is 0 Å². The van der Waals surface area contributed by atoms with Gasteiger partial charge in [0.1, 0.15) is 5.82 Å². The third-order valence-electron chi connectivity index (χ3n) is 4.34. The van der Waals surface area contributed by atoms with Crippen molar-refractivity contribution in [2.75, 3.05) is 42.8 Å². The number of pyridine rings is 1. The summed E-state index contributed by atoms with van der Waals surface area (Å²) in [5.41, 5.74) is 2.31. The van der Waals surface area contributed by atoms with E-state index in [-0.39, 0.29) is 11.6 Å². The van der Waals surface area contributed by atoms with Crippen LogP contribution in [0.3, 0.4) is 0 Å². The van der Waals surface area contributed by atoms with E-state index in [9.17, 15) is 9.18 Å². The zero-order valence-electron chi connectivity index (χ0n) is 17.0. The number of rotatable bonds is 8. The number of methoxy groups -OCH3 is 1. The van der Waals surface area contributed by atoms with Gasteiger partial charge in [0.05, 0.1) is 35.4 Å². The van der Waals surface area contributed by atoms with Crippen LogP contribution in [-0.2, 0) is 4.74 Å². The topological polar surface area (TPSA) is 92.3 Å². The van der Waals surface area contributed by atoms with Crippen LogP contribution in [0.5, 0.6) is 0 Å². The van der Waals surface area contributed by atoms with Crippen molar-refractivity contribution in [3.8, 4) is 0 Å². The maximum absolute atomic E-state index is 14.2. The highest BCUT2D eigenvalue weighted by Crippen LogP contribution is 2.26. The zero-order valence-corrected chi connectivity index (χ0v) is 17.0. The van der Waals surface area contributed by atoms with Gasteiger partial charge in [-0.15, -0.1) is 0 Å². The van der Waals surface area contributed by atoms with E-state index in [1.54, 1.807) is 25.3 Å². The molecule has 2 heterocycles. The largest absolute Gasteiger partial charge is 0.383 e. The van der Waals surface area contributed by atoms with E-state index in [4.69, 9.17) is 4.74 Å². The standard InChI is InChI=1S/C21H23FN6O2/c1-14-4-5-17(16(22)10-14)26-19-13-23-7-6-18(19)27-20(29)15-11-24-21(25-12-15)28(2)8-9-30-3/h4-7,10-13,26H,8-9H2,1-3H3,(H,23,27,29). The summed E-state index contributed by atoms with van der Waals surface area (Å²) in [6, 6.07) is 6.48. The second-order valence-corrected chi connectivity index (χ2v) is 6.67. The number of nitrogens with zero attached hydrogens (tertiary/aromatic N) is 4. The van der Waals surface area contributed by atoms with Gasteiger partial charge in [-0.2, -0.15) is 0 Å². The predicted octanol–water partition coefficient (Wildman–Crippen LogP) is 3.40. The van der Waals surface area contributed by atoms with Crippen molar-refractivity contribution in [3.63, 3.8) is 0 Å². The Morgan fingerprint density at radius 2 is 1.90 bits per heavy atom. The highest BCUT2D eigenvalue weighted by Gasteiger charge is 2.13. The number of benzene rings is 1. The van der Waals surface area contributed by atoms with Gasteiger partial charge in [-0.1, -0.05) is 6.07 Å². The molecule has 30 heavy (non-hydrogen) atoms. The third-order valence-corrected chi connectivity index (χ3v) is 4.34. The van der Waals surface area contributed by atoms with Crippen molar-refractivity contribution in [1.29, 1.82) is 0 Å². The van der Waals surface area contributed by atoms with Crippen LogP contribution in [0, 0.1) is 12.7 Å². The highest BCUT2D eigenvalue weighted by atomic mass is 19.1. The molecule has 1 aromatic carbocycles. The van der Waals surface area contributed by atoms with Crippen LogP contribution >= 0.6 is 0 Å². The van der Waals surface area contributed by atoms with Crippen molar-refractivity contribution in [2.45, 2.75) is 6.92 Å². The minimum atomic E-state index is -0.391. The van der Waals surface area contributed by atoms with Gasteiger partial charge in [0.15, 0.2) is 0 Å². The summed E-state index contributed by atoms with van der Waals surface area (Å²) in [5.74, 6) is -0.290. The van der Waals surface area contributed by atoms with Crippen molar-refractivity contribution in [1.82, 2.24) is 15.0 Å². The number of hydrogen-bond acceptors (Lipinski definition) is 7. The Balaban J connectivity index is 1.72. The fraction of sp³-hybridized carbons (Fsp3) is 0.238. The fourth-order valence-electron chi connectivity index (χ4n) is 2.63. The van der Waals surface area contributed by atoms with Crippen molar-refractivity contribution < 1.29 is 13.9 Å². The van der Waals surface area contributed by atoms with Crippen molar-refractivity contribution in [2.24, 2.45) is 0 Å². The molecule has 0 fully saturated rings. The van der Waals surface area contributed by atoms with E-state index in [1.807, 2.05) is 18.9 Å². The third kappa shape index (κ3) is 5.26. The highest BCUT2D eigenvalue weighted by molar-refractivity contribution is 6.05. The van der Waals surface area contributed by atoms with Gasteiger partial charge in [0.25, 0.3) is 5.91 Å². The number of carbonyl (C=O) groups is 1. The van der Waals surface area contributed by atoms with Crippen LogP contribution in [0.2, 0.25) is 0 Å². The molecule has 0 atom stereocenters. The lowest BCUT2D eigenvalue weighted by molar-refractivity contribution is 0.102. The minimum absolute atomic E-state index is 0.288. The number of hydrogen-bond donors (Lipinski definition) is 2. The molecule has 0 spiro atoms. The summed E-state index contributed by atoms with van der Waals surface area (Å²) in [6.07, 6.45) is 5.96. The normalized spacial score (nSPS) is 10.5. The first kappa shape index (κ1) is 21.1. The number of ether oxygens (including phenoxy) is 1. The monoisotopic (exact) mass is 410 g/mol. The molecule has 8 nitrogen and oxygen atoms in total. The van der Waals surface area contributed by atoms with Crippen LogP contribution in [0.1, 0.15) is 15.9 Å². The van der Waals surface area contributed by atoms with E-state index in [0.717, 1.165) is 5.56 Å². The van der Waals surface area contributed by atoms with Crippen LogP contribution in [-0.4, -0.2) is 48.2 Å². The molecule has 0 aliphatic rings. The molecule has 0 aliphatic heterocycles. The van der Waals surface area contributed by atoms with Gasteiger partial charge < -0.3 is 20.3 Å². The summed E-state index contributed by atoms with van der Waals surface area (Å²) in [4.78, 5) is 27.0. The molecule has 0 radical (unpaired) electrons. The van der Waals surface area contributed by atoms with Crippen molar-refractivity contribution >= 4 is 28.9 Å². The van der Waals surface area contributed by atoms with Crippen LogP contribution in [0.15, 0.2) is 49.1 Å². The molecule has 0 saturated carbocycles. The second-order valence-electron chi connectivity index (χ2n) is 6.67. The predicted molar refractivity (Wildman–Crippen MR) is 114 cm³/mol. The smallest absolute Gasteiger partial charge is 0.258 e. The lowest BCUT2D eigenvalue weighted by Crippen LogP contribution is -2.24. The summed E-state index contributed by atoms with van der Waals surface area (Å²) in [7, 11) is 3.46. The Morgan fingerprint density at radius 3 is 2.60 bits per heavy atom. The average Bonchev–Trinajstić information content (AvgIpc) is 2.75. The summed E-state index contributed by atoms with van der Waals surface area (Å²) < 4.78 is 19.2. The summed E-state index contributed by atoms with van der Waals surface area (Å²) in [5, 5.41) is 5.75. The number of amides is 1. The van der Waals surface area contributed by atoms with Gasteiger partial charge in [-0.3, -0.25) is 9.78 Å². The minimum Gasteiger partial charge on any atom is -0.383 e. The number of aromatic nitrogens is 3. The first-order chi connectivity index (χ1) is 14.5. The molecule has 3 rings (SSSR count). The molecule has 2 aromatic heterocycles. The summed E-state index contributed by atoms with van der Waals surface area (Å²) >= 11 is 0. The molecule has 0 bridgehead atoms. The van der Waals surface area contributed by atoms with E-state index in [2.05, 4.69) is 25.6 Å². The summed E-state index contributed by atoms with van der Waals surface area (Å²) in [6.45, 7) is 2.98. The zero-order chi connectivity index (χ0) is 21.5. The van der Waals surface area contributed by atoms with Gasteiger partial charge in [-0.25, -0.2) is 14.4 Å².